The predicted octanol–water partition coefficient (Wildman–Crippen LogP) is 2.02. The molecule has 0 saturated carbocycles. The van der Waals surface area contributed by atoms with Crippen molar-refractivity contribution < 1.29 is 19.4 Å². The fourth-order valence-electron chi connectivity index (χ4n) is 1.95. The minimum atomic E-state index is -1.25. The van der Waals surface area contributed by atoms with Gasteiger partial charge >= 0.3 is 5.97 Å². The molecule has 2 N–H and O–H groups in total. The van der Waals surface area contributed by atoms with Crippen molar-refractivity contribution in [2.24, 2.45) is 0 Å². The number of ether oxygens (including phenoxy) is 2. The van der Waals surface area contributed by atoms with Gasteiger partial charge in [-0.05, 0) is 33.4 Å². The highest BCUT2D eigenvalue weighted by molar-refractivity contribution is 5.81. The predicted molar refractivity (Wildman–Crippen MR) is 81.3 cm³/mol. The molecule has 0 amide bonds. The smallest absolute Gasteiger partial charge is 0.330 e. The van der Waals surface area contributed by atoms with Crippen LogP contribution in [0.5, 0.6) is 0 Å². The minimum absolute atomic E-state index is 0.0380. The number of carbonyl (C=O) groups is 1. The number of nitrogens with one attached hydrogen (secondary N) is 1. The van der Waals surface area contributed by atoms with Gasteiger partial charge in [-0.2, -0.15) is 0 Å². The third kappa shape index (κ3) is 5.12. The molecule has 118 valence electrons. The molecule has 0 aromatic heterocycles. The van der Waals surface area contributed by atoms with Gasteiger partial charge in [-0.15, -0.1) is 0 Å². The van der Waals surface area contributed by atoms with Crippen LogP contribution in [0.2, 0.25) is 0 Å². The van der Waals surface area contributed by atoms with Crippen molar-refractivity contribution in [1.82, 2.24) is 5.32 Å². The molecular formula is C16H25NO4. The molecule has 0 bridgehead atoms. The lowest BCUT2D eigenvalue weighted by molar-refractivity contribution is -0.149. The average molecular weight is 295 g/mol. The molecule has 0 aliphatic rings. The number of aliphatic carboxylic acids is 1. The van der Waals surface area contributed by atoms with Crippen LogP contribution < -0.4 is 5.32 Å². The van der Waals surface area contributed by atoms with Crippen molar-refractivity contribution in [1.29, 1.82) is 0 Å². The van der Waals surface area contributed by atoms with E-state index in [1.54, 1.807) is 19.2 Å². The third-order valence-electron chi connectivity index (χ3n) is 3.14. The van der Waals surface area contributed by atoms with Crippen molar-refractivity contribution in [3.8, 4) is 0 Å². The normalized spacial score (nSPS) is 14.7. The van der Waals surface area contributed by atoms with E-state index in [1.165, 1.54) is 0 Å². The van der Waals surface area contributed by atoms with E-state index >= 15 is 0 Å². The molecule has 0 fully saturated rings. The van der Waals surface area contributed by atoms with Crippen LogP contribution in [0.3, 0.4) is 0 Å². The zero-order chi connectivity index (χ0) is 15.9. The maximum absolute atomic E-state index is 11.7. The SMILES string of the molecule is CNC(COCCOC(C)(C)C)(C(=O)O)c1ccccc1. The first-order valence-electron chi connectivity index (χ1n) is 7.01. The van der Waals surface area contributed by atoms with E-state index in [-0.39, 0.29) is 12.2 Å². The Hall–Kier alpha value is -1.43. The molecule has 1 atom stereocenters. The van der Waals surface area contributed by atoms with Gasteiger partial charge in [0.1, 0.15) is 0 Å². The van der Waals surface area contributed by atoms with E-state index < -0.39 is 11.5 Å². The summed E-state index contributed by atoms with van der Waals surface area (Å²) in [6.07, 6.45) is 0. The van der Waals surface area contributed by atoms with Crippen molar-refractivity contribution in [2.75, 3.05) is 26.9 Å². The summed E-state index contributed by atoms with van der Waals surface area (Å²) in [7, 11) is 1.62. The molecule has 5 nitrogen and oxygen atoms in total. The van der Waals surface area contributed by atoms with Gasteiger partial charge in [0.15, 0.2) is 5.54 Å². The van der Waals surface area contributed by atoms with Crippen LogP contribution in [-0.4, -0.2) is 43.5 Å². The summed E-state index contributed by atoms with van der Waals surface area (Å²) in [5.41, 5.74) is -0.810. The van der Waals surface area contributed by atoms with E-state index in [0.717, 1.165) is 0 Å². The summed E-state index contributed by atoms with van der Waals surface area (Å²) in [6, 6.07) is 9.03. The van der Waals surface area contributed by atoms with E-state index in [9.17, 15) is 9.90 Å². The lowest BCUT2D eigenvalue weighted by Crippen LogP contribution is -2.51. The Morgan fingerprint density at radius 2 is 1.81 bits per heavy atom. The Labute approximate surface area is 126 Å². The molecule has 0 radical (unpaired) electrons. The first-order chi connectivity index (χ1) is 9.82. The molecule has 1 aromatic carbocycles. The fourth-order valence-corrected chi connectivity index (χ4v) is 1.95. The van der Waals surface area contributed by atoms with Crippen LogP contribution >= 0.6 is 0 Å². The lowest BCUT2D eigenvalue weighted by atomic mass is 9.91. The first-order valence-corrected chi connectivity index (χ1v) is 7.01. The molecule has 0 aliphatic heterocycles. The number of likely N-dealkylation sites (N-methyl/N-ethyl adjacent to an activating group) is 1. The number of hydrogen-bond donors (Lipinski definition) is 2. The zero-order valence-corrected chi connectivity index (χ0v) is 13.2. The summed E-state index contributed by atoms with van der Waals surface area (Å²) < 4.78 is 11.1. The number of hydrogen-bond acceptors (Lipinski definition) is 4. The maximum atomic E-state index is 11.7. The van der Waals surface area contributed by atoms with E-state index in [4.69, 9.17) is 9.47 Å². The molecule has 1 rings (SSSR count). The molecule has 0 saturated heterocycles. The zero-order valence-electron chi connectivity index (χ0n) is 13.2. The third-order valence-corrected chi connectivity index (χ3v) is 3.14. The fraction of sp³-hybridized carbons (Fsp3) is 0.562. The van der Waals surface area contributed by atoms with Crippen LogP contribution in [0.4, 0.5) is 0 Å². The molecule has 21 heavy (non-hydrogen) atoms. The van der Waals surface area contributed by atoms with Crippen molar-refractivity contribution >= 4 is 5.97 Å². The standard InChI is InChI=1S/C16H25NO4/c1-15(2,3)21-11-10-20-12-16(17-4,14(18)19)13-8-6-5-7-9-13/h5-9,17H,10-12H2,1-4H3,(H,18,19). The average Bonchev–Trinajstić information content (AvgIpc) is 2.42. The van der Waals surface area contributed by atoms with Gasteiger partial charge < -0.3 is 14.6 Å². The number of carboxylic acid groups (broad SMARTS) is 1. The van der Waals surface area contributed by atoms with Gasteiger partial charge in [0.05, 0.1) is 25.4 Å². The van der Waals surface area contributed by atoms with Gasteiger partial charge in [0.2, 0.25) is 0 Å². The van der Waals surface area contributed by atoms with Gasteiger partial charge in [0, 0.05) is 0 Å². The molecule has 1 unspecified atom stereocenters. The van der Waals surface area contributed by atoms with Crippen LogP contribution in [-0.2, 0) is 19.8 Å². The second kappa shape index (κ2) is 7.54. The Bertz CT molecular complexity index is 441. The second-order valence-electron chi connectivity index (χ2n) is 5.84. The van der Waals surface area contributed by atoms with Gasteiger partial charge in [-0.3, -0.25) is 5.32 Å². The summed E-state index contributed by atoms with van der Waals surface area (Å²) >= 11 is 0. The maximum Gasteiger partial charge on any atom is 0.330 e. The summed E-state index contributed by atoms with van der Waals surface area (Å²) in [5.74, 6) is -0.965. The first kappa shape index (κ1) is 17.6. The van der Waals surface area contributed by atoms with Gasteiger partial charge in [-0.25, -0.2) is 4.79 Å². The van der Waals surface area contributed by atoms with Crippen LogP contribution in [0.1, 0.15) is 26.3 Å². The molecule has 0 aliphatic carbocycles. The molecule has 0 heterocycles. The monoisotopic (exact) mass is 295 g/mol. The highest BCUT2D eigenvalue weighted by atomic mass is 16.5. The largest absolute Gasteiger partial charge is 0.480 e. The summed E-state index contributed by atoms with van der Waals surface area (Å²) in [6.45, 7) is 6.71. The van der Waals surface area contributed by atoms with E-state index in [0.29, 0.717) is 18.8 Å². The van der Waals surface area contributed by atoms with Crippen molar-refractivity contribution in [3.05, 3.63) is 35.9 Å². The Morgan fingerprint density at radius 3 is 2.29 bits per heavy atom. The number of benzene rings is 1. The minimum Gasteiger partial charge on any atom is -0.480 e. The van der Waals surface area contributed by atoms with Crippen molar-refractivity contribution in [3.63, 3.8) is 0 Å². The Balaban J connectivity index is 2.66. The van der Waals surface area contributed by atoms with Gasteiger partial charge in [-0.1, -0.05) is 30.3 Å². The quantitative estimate of drug-likeness (QED) is 0.718. The Kier molecular flexibility index (Phi) is 6.33. The van der Waals surface area contributed by atoms with E-state index in [2.05, 4.69) is 5.32 Å². The molecule has 0 spiro atoms. The van der Waals surface area contributed by atoms with E-state index in [1.807, 2.05) is 39.0 Å². The molecule has 1 aromatic rings. The van der Waals surface area contributed by atoms with Crippen LogP contribution in [0.15, 0.2) is 30.3 Å². The number of rotatable bonds is 8. The second-order valence-corrected chi connectivity index (χ2v) is 5.84. The van der Waals surface area contributed by atoms with Crippen molar-refractivity contribution in [2.45, 2.75) is 31.9 Å². The Morgan fingerprint density at radius 1 is 1.19 bits per heavy atom. The lowest BCUT2D eigenvalue weighted by Gasteiger charge is -2.29. The van der Waals surface area contributed by atoms with Gasteiger partial charge in [0.25, 0.3) is 0 Å². The number of carboxylic acids is 1. The molecule has 5 heteroatoms. The van der Waals surface area contributed by atoms with Crippen LogP contribution in [0.25, 0.3) is 0 Å². The topological polar surface area (TPSA) is 67.8 Å². The summed E-state index contributed by atoms with van der Waals surface area (Å²) in [5, 5.41) is 12.5. The highest BCUT2D eigenvalue weighted by Crippen LogP contribution is 2.21. The summed E-state index contributed by atoms with van der Waals surface area (Å²) in [4.78, 5) is 11.7. The molecular weight excluding hydrogens is 270 g/mol. The highest BCUT2D eigenvalue weighted by Gasteiger charge is 2.39. The van der Waals surface area contributed by atoms with Crippen LogP contribution in [0, 0.1) is 0 Å².